The Hall–Kier alpha value is -2.22. The second kappa shape index (κ2) is 6.74. The summed E-state index contributed by atoms with van der Waals surface area (Å²) in [6.07, 6.45) is 2.01. The van der Waals surface area contributed by atoms with Crippen LogP contribution in [0.2, 0.25) is 0 Å². The van der Waals surface area contributed by atoms with Crippen LogP contribution in [0.5, 0.6) is 0 Å². The van der Waals surface area contributed by atoms with E-state index in [0.29, 0.717) is 0 Å². The molecule has 4 aromatic rings. The molecule has 0 aliphatic carbocycles. The van der Waals surface area contributed by atoms with E-state index >= 15 is 0 Å². The van der Waals surface area contributed by atoms with Crippen molar-refractivity contribution < 1.29 is 4.79 Å². The van der Waals surface area contributed by atoms with E-state index in [4.69, 9.17) is 0 Å². The molecule has 5 rings (SSSR count). The standard InChI is InChI=1S/C20H20N4OS2/c1-14-3-2-4-15(11-14)13-22-5-7-23(8-6-22)19(25)17-12-16-18(27-17)21-20-24(16)9-10-26-20/h2-4,9-12H,5-8,13H2,1H3. The first-order valence-electron chi connectivity index (χ1n) is 9.10. The fourth-order valence-corrected chi connectivity index (χ4v) is 5.45. The van der Waals surface area contributed by atoms with E-state index in [0.717, 1.165) is 52.9 Å². The average molecular weight is 397 g/mol. The second-order valence-electron chi connectivity index (χ2n) is 7.03. The van der Waals surface area contributed by atoms with Gasteiger partial charge in [-0.15, -0.1) is 22.7 Å². The summed E-state index contributed by atoms with van der Waals surface area (Å²) >= 11 is 3.12. The van der Waals surface area contributed by atoms with E-state index < -0.39 is 0 Å². The van der Waals surface area contributed by atoms with Crippen LogP contribution >= 0.6 is 22.7 Å². The zero-order valence-electron chi connectivity index (χ0n) is 15.1. The molecule has 1 aliphatic rings. The van der Waals surface area contributed by atoms with Crippen LogP contribution in [-0.2, 0) is 6.54 Å². The molecule has 0 N–H and O–H groups in total. The molecular weight excluding hydrogens is 376 g/mol. The number of rotatable bonds is 3. The number of aryl methyl sites for hydroxylation is 1. The highest BCUT2D eigenvalue weighted by molar-refractivity contribution is 7.21. The molecule has 1 aliphatic heterocycles. The predicted octanol–water partition coefficient (Wildman–Crippen LogP) is 3.88. The molecule has 0 unspecified atom stereocenters. The van der Waals surface area contributed by atoms with Gasteiger partial charge in [0.25, 0.3) is 5.91 Å². The highest BCUT2D eigenvalue weighted by Gasteiger charge is 2.24. The Morgan fingerprint density at radius 3 is 2.85 bits per heavy atom. The highest BCUT2D eigenvalue weighted by atomic mass is 32.1. The number of thiazole rings is 1. The Labute approximate surface area is 165 Å². The average Bonchev–Trinajstić information content (AvgIpc) is 3.34. The molecule has 1 fully saturated rings. The molecule has 4 heterocycles. The number of imidazole rings is 1. The van der Waals surface area contributed by atoms with Gasteiger partial charge in [0.2, 0.25) is 0 Å². The van der Waals surface area contributed by atoms with Gasteiger partial charge in [-0.3, -0.25) is 14.1 Å². The lowest BCUT2D eigenvalue weighted by molar-refractivity contribution is 0.0633. The van der Waals surface area contributed by atoms with Gasteiger partial charge >= 0.3 is 0 Å². The largest absolute Gasteiger partial charge is 0.335 e. The number of fused-ring (bicyclic) bond motifs is 3. The third kappa shape index (κ3) is 3.16. The van der Waals surface area contributed by atoms with Crippen LogP contribution in [0.25, 0.3) is 15.3 Å². The van der Waals surface area contributed by atoms with E-state index in [1.54, 1.807) is 11.3 Å². The molecule has 1 aromatic carbocycles. The summed E-state index contributed by atoms with van der Waals surface area (Å²) in [4.78, 5) is 24.7. The van der Waals surface area contributed by atoms with Crippen LogP contribution in [0.15, 0.2) is 41.9 Å². The van der Waals surface area contributed by atoms with Crippen molar-refractivity contribution in [3.05, 3.63) is 57.9 Å². The van der Waals surface area contributed by atoms with Gasteiger partial charge in [-0.2, -0.15) is 0 Å². The Balaban J connectivity index is 1.26. The number of thiophene rings is 1. The zero-order chi connectivity index (χ0) is 18.4. The lowest BCUT2D eigenvalue weighted by atomic mass is 10.1. The maximum atomic E-state index is 12.9. The van der Waals surface area contributed by atoms with Crippen molar-refractivity contribution in [2.45, 2.75) is 13.5 Å². The number of piperazine rings is 1. The molecule has 0 bridgehead atoms. The second-order valence-corrected chi connectivity index (χ2v) is 8.93. The molecule has 0 radical (unpaired) electrons. The Morgan fingerprint density at radius 1 is 1.19 bits per heavy atom. The van der Waals surface area contributed by atoms with Gasteiger partial charge < -0.3 is 4.90 Å². The summed E-state index contributed by atoms with van der Waals surface area (Å²) in [5.41, 5.74) is 3.68. The van der Waals surface area contributed by atoms with Crippen molar-refractivity contribution in [1.82, 2.24) is 19.2 Å². The van der Waals surface area contributed by atoms with E-state index in [-0.39, 0.29) is 5.91 Å². The van der Waals surface area contributed by atoms with Gasteiger partial charge in [0.05, 0.1) is 10.4 Å². The minimum absolute atomic E-state index is 0.136. The lowest BCUT2D eigenvalue weighted by Gasteiger charge is -2.34. The van der Waals surface area contributed by atoms with Gasteiger partial charge in [0, 0.05) is 44.3 Å². The van der Waals surface area contributed by atoms with Gasteiger partial charge in [-0.1, -0.05) is 29.8 Å². The van der Waals surface area contributed by atoms with E-state index in [2.05, 4.69) is 45.5 Å². The quantitative estimate of drug-likeness (QED) is 0.528. The van der Waals surface area contributed by atoms with Crippen LogP contribution in [0.4, 0.5) is 0 Å². The zero-order valence-corrected chi connectivity index (χ0v) is 16.7. The molecule has 0 saturated carbocycles. The molecule has 1 saturated heterocycles. The van der Waals surface area contributed by atoms with E-state index in [1.807, 2.05) is 22.5 Å². The normalized spacial score (nSPS) is 15.8. The van der Waals surface area contributed by atoms with Crippen molar-refractivity contribution in [2.24, 2.45) is 0 Å². The fraction of sp³-hybridized carbons (Fsp3) is 0.300. The maximum absolute atomic E-state index is 12.9. The van der Waals surface area contributed by atoms with Crippen LogP contribution in [-0.4, -0.2) is 51.3 Å². The summed E-state index contributed by atoms with van der Waals surface area (Å²) in [7, 11) is 0. The topological polar surface area (TPSA) is 40.8 Å². The smallest absolute Gasteiger partial charge is 0.264 e. The first-order valence-corrected chi connectivity index (χ1v) is 10.8. The van der Waals surface area contributed by atoms with Crippen LogP contribution in [0, 0.1) is 6.92 Å². The molecule has 7 heteroatoms. The molecule has 0 spiro atoms. The molecular formula is C20H20N4OS2. The number of hydrogen-bond donors (Lipinski definition) is 0. The first kappa shape index (κ1) is 16.9. The van der Waals surface area contributed by atoms with Gasteiger partial charge in [-0.25, -0.2) is 4.98 Å². The van der Waals surface area contributed by atoms with Crippen molar-refractivity contribution >= 4 is 43.9 Å². The summed E-state index contributed by atoms with van der Waals surface area (Å²) < 4.78 is 2.06. The van der Waals surface area contributed by atoms with Crippen LogP contribution < -0.4 is 0 Å². The van der Waals surface area contributed by atoms with Crippen molar-refractivity contribution in [3.63, 3.8) is 0 Å². The molecule has 138 valence electrons. The number of benzene rings is 1. The molecule has 0 atom stereocenters. The maximum Gasteiger partial charge on any atom is 0.264 e. The Morgan fingerprint density at radius 2 is 2.04 bits per heavy atom. The summed E-state index contributed by atoms with van der Waals surface area (Å²) in [6, 6.07) is 10.7. The predicted molar refractivity (Wildman–Crippen MR) is 111 cm³/mol. The number of carbonyl (C=O) groups is 1. The van der Waals surface area contributed by atoms with Gasteiger partial charge in [0.15, 0.2) is 4.96 Å². The Bertz CT molecular complexity index is 1120. The molecule has 1 amide bonds. The van der Waals surface area contributed by atoms with Crippen LogP contribution in [0.3, 0.4) is 0 Å². The summed E-state index contributed by atoms with van der Waals surface area (Å²) in [5, 5.41) is 2.02. The lowest BCUT2D eigenvalue weighted by Crippen LogP contribution is -2.48. The third-order valence-electron chi connectivity index (χ3n) is 5.10. The molecule has 5 nitrogen and oxygen atoms in total. The SMILES string of the molecule is Cc1cccc(CN2CCN(C(=O)c3cc4c(nc5sccn54)s3)CC2)c1. The monoisotopic (exact) mass is 396 g/mol. The number of carbonyl (C=O) groups excluding carboxylic acids is 1. The van der Waals surface area contributed by atoms with Crippen molar-refractivity contribution in [2.75, 3.05) is 26.2 Å². The van der Waals surface area contributed by atoms with Crippen LogP contribution in [0.1, 0.15) is 20.8 Å². The summed E-state index contributed by atoms with van der Waals surface area (Å²) in [6.45, 7) is 6.47. The number of nitrogens with zero attached hydrogens (tertiary/aromatic N) is 4. The number of amides is 1. The Kier molecular flexibility index (Phi) is 4.22. The molecule has 3 aromatic heterocycles. The minimum Gasteiger partial charge on any atom is -0.335 e. The van der Waals surface area contributed by atoms with Crippen molar-refractivity contribution in [1.29, 1.82) is 0 Å². The third-order valence-corrected chi connectivity index (χ3v) is 6.86. The van der Waals surface area contributed by atoms with E-state index in [9.17, 15) is 4.79 Å². The summed E-state index contributed by atoms with van der Waals surface area (Å²) in [5.74, 6) is 0.136. The number of aromatic nitrogens is 2. The first-order chi connectivity index (χ1) is 13.2. The number of hydrogen-bond acceptors (Lipinski definition) is 5. The van der Waals surface area contributed by atoms with Gasteiger partial charge in [0.1, 0.15) is 4.83 Å². The fourth-order valence-electron chi connectivity index (χ4n) is 3.69. The van der Waals surface area contributed by atoms with Crippen molar-refractivity contribution in [3.8, 4) is 0 Å². The highest BCUT2D eigenvalue weighted by Crippen LogP contribution is 2.29. The van der Waals surface area contributed by atoms with Gasteiger partial charge in [-0.05, 0) is 18.6 Å². The van der Waals surface area contributed by atoms with E-state index in [1.165, 1.54) is 22.5 Å². The minimum atomic E-state index is 0.136. The molecule has 27 heavy (non-hydrogen) atoms.